The Bertz CT molecular complexity index is 196. The van der Waals surface area contributed by atoms with Crippen LogP contribution < -0.4 is 5.11 Å². The molecule has 0 atom stereocenters. The molecule has 0 N–H and O–H groups in total. The van der Waals surface area contributed by atoms with Crippen molar-refractivity contribution in [2.45, 2.75) is 0 Å². The van der Waals surface area contributed by atoms with Crippen molar-refractivity contribution in [1.29, 1.82) is 0 Å². The van der Waals surface area contributed by atoms with Crippen molar-refractivity contribution in [3.05, 3.63) is 0 Å². The van der Waals surface area contributed by atoms with Gasteiger partial charge in [0, 0.05) is 49.0 Å². The number of aliphatic imine (C=N–C) groups is 1. The summed E-state index contributed by atoms with van der Waals surface area (Å²) in [7, 11) is 0.843. The van der Waals surface area contributed by atoms with Crippen molar-refractivity contribution < 1.29 is 9.32 Å². The van der Waals surface area contributed by atoms with Crippen molar-refractivity contribution in [2.24, 2.45) is 4.99 Å². The van der Waals surface area contributed by atoms with E-state index in [1.807, 2.05) is 4.90 Å². The van der Waals surface area contributed by atoms with E-state index in [1.165, 1.54) is 7.05 Å². The molecule has 70 valence electrons. The van der Waals surface area contributed by atoms with Gasteiger partial charge in [-0.1, -0.05) is 0 Å². The normalized spacial score (nSPS) is 22.9. The van der Waals surface area contributed by atoms with Crippen LogP contribution in [0, 0.1) is 0 Å². The van der Waals surface area contributed by atoms with Crippen molar-refractivity contribution >= 4 is 16.7 Å². The maximum absolute atomic E-state index is 10.9. The quantitative estimate of drug-likeness (QED) is 0.390. The molecule has 0 aromatic heterocycles. The highest BCUT2D eigenvalue weighted by atomic mass is 32.2. The lowest BCUT2D eigenvalue weighted by Gasteiger charge is -2.27. The molecule has 0 amide bonds. The Morgan fingerprint density at radius 3 is 2.67 bits per heavy atom. The lowest BCUT2D eigenvalue weighted by molar-refractivity contribution is -0.219. The smallest absolute Gasteiger partial charge is 0.0363 e. The predicted molar refractivity (Wildman–Crippen MR) is 47.7 cm³/mol. The van der Waals surface area contributed by atoms with E-state index in [0.29, 0.717) is 18.1 Å². The summed E-state index contributed by atoms with van der Waals surface area (Å²) in [5, 5.41) is 10.9. The van der Waals surface area contributed by atoms with Crippen molar-refractivity contribution in [1.82, 2.24) is 4.90 Å². The molecule has 1 saturated heterocycles. The van der Waals surface area contributed by atoms with E-state index < -0.39 is 10.8 Å². The van der Waals surface area contributed by atoms with Crippen molar-refractivity contribution in [3.63, 3.8) is 0 Å². The second-order valence-electron chi connectivity index (χ2n) is 2.74. The summed E-state index contributed by atoms with van der Waals surface area (Å²) >= 11 is 0. The Morgan fingerprint density at radius 1 is 1.58 bits per heavy atom. The summed E-state index contributed by atoms with van der Waals surface area (Å²) in [6.45, 7) is 1.90. The Labute approximate surface area is 74.7 Å². The lowest BCUT2D eigenvalue weighted by Crippen LogP contribution is -2.43. The topological polar surface area (TPSA) is 55.7 Å². The first-order valence-corrected chi connectivity index (χ1v) is 5.41. The van der Waals surface area contributed by atoms with Gasteiger partial charge in [0.1, 0.15) is 0 Å². The van der Waals surface area contributed by atoms with Crippen LogP contribution in [0.15, 0.2) is 4.99 Å². The highest BCUT2D eigenvalue weighted by molar-refractivity contribution is 7.85. The summed E-state index contributed by atoms with van der Waals surface area (Å²) < 4.78 is 10.9. The molecule has 0 aliphatic carbocycles. The first-order chi connectivity index (χ1) is 5.72. The van der Waals surface area contributed by atoms with Crippen LogP contribution in [0.5, 0.6) is 0 Å². The van der Waals surface area contributed by atoms with Crippen LogP contribution in [-0.2, 0) is 10.8 Å². The third kappa shape index (κ3) is 2.91. The van der Waals surface area contributed by atoms with Gasteiger partial charge in [-0.3, -0.25) is 9.11 Å². The Balaban J connectivity index is 2.31. The summed E-state index contributed by atoms with van der Waals surface area (Å²) in [6, 6.07) is 0. The number of nitrogens with zero attached hydrogens (tertiary/aromatic N) is 2. The molecule has 1 aliphatic rings. The van der Waals surface area contributed by atoms with E-state index in [2.05, 4.69) is 4.99 Å². The van der Waals surface area contributed by atoms with E-state index in [0.717, 1.165) is 13.1 Å². The molecular weight excluding hydrogens is 176 g/mol. The predicted octanol–water partition coefficient (Wildman–Crippen LogP) is -1.56. The van der Waals surface area contributed by atoms with Gasteiger partial charge in [-0.2, -0.15) is 0 Å². The molecule has 0 bridgehead atoms. The summed E-state index contributed by atoms with van der Waals surface area (Å²) in [4.78, 5) is 5.54. The SMILES string of the molecule is CN=C([O-])CN1CCS(=O)CC1. The lowest BCUT2D eigenvalue weighted by atomic mass is 10.4. The molecule has 12 heavy (non-hydrogen) atoms. The van der Waals surface area contributed by atoms with Gasteiger partial charge in [0.15, 0.2) is 0 Å². The summed E-state index contributed by atoms with van der Waals surface area (Å²) in [5.41, 5.74) is 0. The van der Waals surface area contributed by atoms with Crippen molar-refractivity contribution in [3.8, 4) is 0 Å². The minimum Gasteiger partial charge on any atom is -0.861 e. The fraction of sp³-hybridized carbons (Fsp3) is 0.857. The molecule has 1 aliphatic heterocycles. The van der Waals surface area contributed by atoms with E-state index in [9.17, 15) is 9.32 Å². The van der Waals surface area contributed by atoms with Gasteiger partial charge in [0.05, 0.1) is 0 Å². The van der Waals surface area contributed by atoms with Gasteiger partial charge < -0.3 is 10.1 Å². The fourth-order valence-corrected chi connectivity index (χ4v) is 2.22. The highest BCUT2D eigenvalue weighted by Crippen LogP contribution is 1.98. The second-order valence-corrected chi connectivity index (χ2v) is 4.44. The average molecular weight is 189 g/mol. The molecule has 0 aromatic carbocycles. The van der Waals surface area contributed by atoms with Gasteiger partial charge in [0.2, 0.25) is 0 Å². The van der Waals surface area contributed by atoms with Crippen LogP contribution in [0.1, 0.15) is 0 Å². The highest BCUT2D eigenvalue weighted by Gasteiger charge is 2.13. The summed E-state index contributed by atoms with van der Waals surface area (Å²) in [5.74, 6) is 1.29. The molecule has 1 rings (SSSR count). The van der Waals surface area contributed by atoms with Crippen LogP contribution in [0.25, 0.3) is 0 Å². The maximum Gasteiger partial charge on any atom is 0.0363 e. The number of hydrogen-bond acceptors (Lipinski definition) is 4. The Morgan fingerprint density at radius 2 is 2.17 bits per heavy atom. The standard InChI is InChI=1S/C7H14N2O2S/c1-8-7(10)6-9-2-4-12(11)5-3-9/h2-6H2,1H3,(H,8,10)/p-1. The number of rotatable bonds is 2. The van der Waals surface area contributed by atoms with Crippen molar-refractivity contribution in [2.75, 3.05) is 38.2 Å². The third-order valence-corrected chi connectivity index (χ3v) is 3.15. The van der Waals surface area contributed by atoms with Crippen LogP contribution in [0.2, 0.25) is 0 Å². The van der Waals surface area contributed by atoms with Crippen LogP contribution in [-0.4, -0.2) is 53.2 Å². The monoisotopic (exact) mass is 189 g/mol. The minimum absolute atomic E-state index is 0.0947. The van der Waals surface area contributed by atoms with Crippen LogP contribution in [0.3, 0.4) is 0 Å². The first-order valence-electron chi connectivity index (χ1n) is 3.92. The van der Waals surface area contributed by atoms with Crippen LogP contribution in [0.4, 0.5) is 0 Å². The van der Waals surface area contributed by atoms with E-state index in [4.69, 9.17) is 0 Å². The van der Waals surface area contributed by atoms with Gasteiger partial charge in [-0.15, -0.1) is 0 Å². The zero-order chi connectivity index (χ0) is 8.97. The van der Waals surface area contributed by atoms with Gasteiger partial charge in [0.25, 0.3) is 0 Å². The minimum atomic E-state index is -0.661. The molecular formula is C7H13N2O2S-. The molecule has 0 radical (unpaired) electrons. The van der Waals surface area contributed by atoms with E-state index in [1.54, 1.807) is 0 Å². The molecule has 0 unspecified atom stereocenters. The average Bonchev–Trinajstić information content (AvgIpc) is 2.09. The van der Waals surface area contributed by atoms with E-state index in [-0.39, 0.29) is 5.90 Å². The molecule has 0 aromatic rings. The molecule has 4 nitrogen and oxygen atoms in total. The Hall–Kier alpha value is -0.420. The third-order valence-electron chi connectivity index (χ3n) is 1.88. The fourth-order valence-electron chi connectivity index (χ4n) is 1.10. The molecule has 0 saturated carbocycles. The molecule has 1 heterocycles. The van der Waals surface area contributed by atoms with Crippen LogP contribution >= 0.6 is 0 Å². The summed E-state index contributed by atoms with van der Waals surface area (Å²) in [6.07, 6.45) is 0. The maximum atomic E-state index is 10.9. The zero-order valence-corrected chi connectivity index (χ0v) is 7.97. The molecule has 0 spiro atoms. The largest absolute Gasteiger partial charge is 0.861 e. The number of hydrogen-bond donors (Lipinski definition) is 0. The van der Waals surface area contributed by atoms with Gasteiger partial charge >= 0.3 is 0 Å². The van der Waals surface area contributed by atoms with Gasteiger partial charge in [-0.25, -0.2) is 0 Å². The first kappa shape index (κ1) is 9.67. The Kier molecular flexibility index (Phi) is 3.68. The molecule has 5 heteroatoms. The molecule has 1 fully saturated rings. The van der Waals surface area contributed by atoms with Gasteiger partial charge in [-0.05, 0) is 5.90 Å². The second kappa shape index (κ2) is 4.57. The zero-order valence-electron chi connectivity index (χ0n) is 7.15. The van der Waals surface area contributed by atoms with E-state index >= 15 is 0 Å².